The Hall–Kier alpha value is -0.570. The van der Waals surface area contributed by atoms with Crippen LogP contribution in [0.5, 0.6) is 0 Å². The molecule has 16 heavy (non-hydrogen) atoms. The lowest BCUT2D eigenvalue weighted by Crippen LogP contribution is -2.46. The molecule has 0 spiro atoms. The predicted molar refractivity (Wildman–Crippen MR) is 65.2 cm³/mol. The second kappa shape index (κ2) is 5.67. The minimum Gasteiger partial charge on any atom is -0.353 e. The van der Waals surface area contributed by atoms with Crippen LogP contribution in [0.2, 0.25) is 0 Å². The van der Waals surface area contributed by atoms with Crippen molar-refractivity contribution in [3.63, 3.8) is 0 Å². The van der Waals surface area contributed by atoms with Crippen LogP contribution in [-0.2, 0) is 4.79 Å². The zero-order valence-corrected chi connectivity index (χ0v) is 10.3. The number of rotatable bonds is 4. The third kappa shape index (κ3) is 3.21. The third-order valence-corrected chi connectivity index (χ3v) is 4.09. The smallest absolute Gasteiger partial charge is 0.220 e. The molecule has 0 bridgehead atoms. The summed E-state index contributed by atoms with van der Waals surface area (Å²) in [5.41, 5.74) is 0. The van der Waals surface area contributed by atoms with Crippen molar-refractivity contribution < 1.29 is 4.79 Å². The van der Waals surface area contributed by atoms with Gasteiger partial charge in [-0.1, -0.05) is 19.3 Å². The average Bonchev–Trinajstić information content (AvgIpc) is 2.25. The van der Waals surface area contributed by atoms with Gasteiger partial charge in [0.25, 0.3) is 0 Å². The van der Waals surface area contributed by atoms with Gasteiger partial charge >= 0.3 is 0 Å². The molecule has 0 aromatic heterocycles. The third-order valence-electron chi connectivity index (χ3n) is 4.09. The van der Waals surface area contributed by atoms with Gasteiger partial charge < -0.3 is 10.6 Å². The molecule has 0 aromatic carbocycles. The Morgan fingerprint density at radius 1 is 1.31 bits per heavy atom. The van der Waals surface area contributed by atoms with Crippen LogP contribution in [0, 0.1) is 11.8 Å². The maximum absolute atomic E-state index is 11.8. The lowest BCUT2D eigenvalue weighted by Gasteiger charge is -2.30. The summed E-state index contributed by atoms with van der Waals surface area (Å²) in [4.78, 5) is 11.8. The van der Waals surface area contributed by atoms with E-state index < -0.39 is 0 Å². The second-order valence-electron chi connectivity index (χ2n) is 5.48. The summed E-state index contributed by atoms with van der Waals surface area (Å²) < 4.78 is 0. The molecule has 1 amide bonds. The van der Waals surface area contributed by atoms with Gasteiger partial charge in [-0.25, -0.2) is 0 Å². The van der Waals surface area contributed by atoms with E-state index in [2.05, 4.69) is 17.6 Å². The SMILES string of the molecule is CC(NC(=O)CC1CNC1)C1CCCCC1. The van der Waals surface area contributed by atoms with E-state index in [0.29, 0.717) is 18.4 Å². The zero-order valence-electron chi connectivity index (χ0n) is 10.3. The number of amides is 1. The van der Waals surface area contributed by atoms with Gasteiger partial charge in [0.2, 0.25) is 5.91 Å². The van der Waals surface area contributed by atoms with Crippen molar-refractivity contribution in [2.24, 2.45) is 11.8 Å². The minimum absolute atomic E-state index is 0.254. The van der Waals surface area contributed by atoms with Gasteiger partial charge in [0, 0.05) is 12.5 Å². The molecule has 3 nitrogen and oxygen atoms in total. The minimum atomic E-state index is 0.254. The van der Waals surface area contributed by atoms with Crippen molar-refractivity contribution in [3.05, 3.63) is 0 Å². The molecule has 0 aromatic rings. The first-order valence-electron chi connectivity index (χ1n) is 6.76. The van der Waals surface area contributed by atoms with Gasteiger partial charge in [-0.2, -0.15) is 0 Å². The number of carbonyl (C=O) groups is 1. The van der Waals surface area contributed by atoms with E-state index in [1.165, 1.54) is 32.1 Å². The Morgan fingerprint density at radius 3 is 2.56 bits per heavy atom. The first-order chi connectivity index (χ1) is 7.75. The number of hydrogen-bond acceptors (Lipinski definition) is 2. The van der Waals surface area contributed by atoms with Gasteiger partial charge in [-0.15, -0.1) is 0 Å². The van der Waals surface area contributed by atoms with E-state index >= 15 is 0 Å². The average molecular weight is 224 g/mol. The van der Waals surface area contributed by atoms with Crippen molar-refractivity contribution in [3.8, 4) is 0 Å². The normalized spacial score (nSPS) is 24.8. The molecule has 1 aliphatic carbocycles. The lowest BCUT2D eigenvalue weighted by atomic mass is 9.84. The van der Waals surface area contributed by atoms with Gasteiger partial charge in [0.05, 0.1) is 0 Å². The largest absolute Gasteiger partial charge is 0.353 e. The van der Waals surface area contributed by atoms with Crippen molar-refractivity contribution in [2.75, 3.05) is 13.1 Å². The molecule has 1 heterocycles. The van der Waals surface area contributed by atoms with Gasteiger partial charge in [0.15, 0.2) is 0 Å². The molecular formula is C13H24N2O. The van der Waals surface area contributed by atoms with Gasteiger partial charge in [-0.05, 0) is 44.7 Å². The van der Waals surface area contributed by atoms with Crippen LogP contribution < -0.4 is 10.6 Å². The van der Waals surface area contributed by atoms with E-state index in [1.807, 2.05) is 0 Å². The fraction of sp³-hybridized carbons (Fsp3) is 0.923. The lowest BCUT2D eigenvalue weighted by molar-refractivity contribution is -0.123. The zero-order chi connectivity index (χ0) is 11.4. The van der Waals surface area contributed by atoms with Crippen LogP contribution in [0.15, 0.2) is 0 Å². The van der Waals surface area contributed by atoms with Crippen LogP contribution in [0.1, 0.15) is 45.4 Å². The molecule has 0 radical (unpaired) electrons. The van der Waals surface area contributed by atoms with E-state index in [0.717, 1.165) is 19.0 Å². The predicted octanol–water partition coefficient (Wildman–Crippen LogP) is 1.68. The summed E-state index contributed by atoms with van der Waals surface area (Å²) in [7, 11) is 0. The summed E-state index contributed by atoms with van der Waals surface area (Å²) in [6, 6.07) is 0.376. The molecular weight excluding hydrogens is 200 g/mol. The highest BCUT2D eigenvalue weighted by atomic mass is 16.1. The van der Waals surface area contributed by atoms with Crippen molar-refractivity contribution in [1.82, 2.24) is 10.6 Å². The molecule has 2 rings (SSSR count). The van der Waals surface area contributed by atoms with Crippen molar-refractivity contribution in [2.45, 2.75) is 51.5 Å². The van der Waals surface area contributed by atoms with Gasteiger partial charge in [0.1, 0.15) is 0 Å². The topological polar surface area (TPSA) is 41.1 Å². The van der Waals surface area contributed by atoms with E-state index in [-0.39, 0.29) is 5.91 Å². The molecule has 2 fully saturated rings. The molecule has 2 aliphatic rings. The molecule has 1 saturated carbocycles. The first kappa shape index (κ1) is 11.9. The summed E-state index contributed by atoms with van der Waals surface area (Å²) in [5.74, 6) is 1.56. The molecule has 3 heteroatoms. The van der Waals surface area contributed by atoms with Gasteiger partial charge in [-0.3, -0.25) is 4.79 Å². The molecule has 92 valence electrons. The molecule has 1 unspecified atom stereocenters. The standard InChI is InChI=1S/C13H24N2O/c1-10(12-5-3-2-4-6-12)15-13(16)7-11-8-14-9-11/h10-12,14H,2-9H2,1H3,(H,15,16). The summed E-state index contributed by atoms with van der Waals surface area (Å²) >= 11 is 0. The number of nitrogens with one attached hydrogen (secondary N) is 2. The van der Waals surface area contributed by atoms with Crippen LogP contribution in [0.3, 0.4) is 0 Å². The van der Waals surface area contributed by atoms with E-state index in [4.69, 9.17) is 0 Å². The van der Waals surface area contributed by atoms with E-state index in [1.54, 1.807) is 0 Å². The fourth-order valence-corrected chi connectivity index (χ4v) is 2.82. The highest BCUT2D eigenvalue weighted by Gasteiger charge is 2.24. The maximum Gasteiger partial charge on any atom is 0.220 e. The summed E-state index contributed by atoms with van der Waals surface area (Å²) in [6.07, 6.45) is 7.38. The van der Waals surface area contributed by atoms with E-state index in [9.17, 15) is 4.79 Å². The Morgan fingerprint density at radius 2 is 2.00 bits per heavy atom. The molecule has 1 aliphatic heterocycles. The Labute approximate surface area is 98.4 Å². The number of carbonyl (C=O) groups excluding carboxylic acids is 1. The highest BCUT2D eigenvalue weighted by molar-refractivity contribution is 5.76. The Bertz CT molecular complexity index is 232. The summed E-state index contributed by atoms with van der Waals surface area (Å²) in [5, 5.41) is 6.39. The monoisotopic (exact) mass is 224 g/mol. The summed E-state index contributed by atoms with van der Waals surface area (Å²) in [6.45, 7) is 4.21. The molecule has 1 atom stereocenters. The maximum atomic E-state index is 11.8. The second-order valence-corrected chi connectivity index (χ2v) is 5.48. The van der Waals surface area contributed by atoms with Crippen molar-refractivity contribution in [1.29, 1.82) is 0 Å². The highest BCUT2D eigenvalue weighted by Crippen LogP contribution is 2.26. The molecule has 2 N–H and O–H groups in total. The Kier molecular flexibility index (Phi) is 4.22. The number of hydrogen-bond donors (Lipinski definition) is 2. The molecule has 1 saturated heterocycles. The van der Waals surface area contributed by atoms with Crippen LogP contribution in [0.4, 0.5) is 0 Å². The Balaban J connectivity index is 1.68. The fourth-order valence-electron chi connectivity index (χ4n) is 2.82. The van der Waals surface area contributed by atoms with Crippen LogP contribution in [-0.4, -0.2) is 25.0 Å². The van der Waals surface area contributed by atoms with Crippen LogP contribution >= 0.6 is 0 Å². The first-order valence-corrected chi connectivity index (χ1v) is 6.76. The van der Waals surface area contributed by atoms with Crippen molar-refractivity contribution >= 4 is 5.91 Å². The van der Waals surface area contributed by atoms with Crippen LogP contribution in [0.25, 0.3) is 0 Å². The quantitative estimate of drug-likeness (QED) is 0.763.